The molecule has 118 valence electrons. The van der Waals surface area contributed by atoms with Crippen molar-refractivity contribution in [1.29, 1.82) is 0 Å². The molecule has 1 aromatic rings. The zero-order valence-electron chi connectivity index (χ0n) is 11.3. The topological polar surface area (TPSA) is 77.5 Å². The minimum atomic E-state index is -2.44. The SMILES string of the molecule is O=S([O-])Nc1cc(Br)cnc1OCCCN1CCC(F)C1. The molecular weight excluding hydrogens is 365 g/mol. The van der Waals surface area contributed by atoms with E-state index in [2.05, 4.69) is 30.5 Å². The van der Waals surface area contributed by atoms with Crippen LogP contribution in [0.1, 0.15) is 12.8 Å². The standard InChI is InChI=1S/C12H17BrFN3O3S/c13-9-6-11(16-21(18)19)12(15-7-9)20-5-1-3-17-4-2-10(14)8-17/h6-7,10,16H,1-5,8H2,(H,18,19)/p-1. The molecular formula is C12H16BrFN3O3S-. The highest BCUT2D eigenvalue weighted by molar-refractivity contribution is 9.10. The molecule has 0 radical (unpaired) electrons. The number of aromatic nitrogens is 1. The highest BCUT2D eigenvalue weighted by Gasteiger charge is 2.20. The van der Waals surface area contributed by atoms with Gasteiger partial charge in [-0.25, -0.2) is 9.37 Å². The summed E-state index contributed by atoms with van der Waals surface area (Å²) in [5, 5.41) is 0. The first-order valence-electron chi connectivity index (χ1n) is 6.55. The van der Waals surface area contributed by atoms with E-state index in [1.165, 1.54) is 6.20 Å². The van der Waals surface area contributed by atoms with E-state index in [1.807, 2.05) is 0 Å². The number of halogens is 2. The number of alkyl halides is 1. The number of hydrogen-bond acceptors (Lipinski definition) is 5. The van der Waals surface area contributed by atoms with Crippen molar-refractivity contribution in [2.24, 2.45) is 0 Å². The summed E-state index contributed by atoms with van der Waals surface area (Å²) in [5.41, 5.74) is 0.280. The summed E-state index contributed by atoms with van der Waals surface area (Å²) in [6.45, 7) is 2.41. The van der Waals surface area contributed by atoms with Crippen LogP contribution in [-0.2, 0) is 11.3 Å². The molecule has 0 aromatic carbocycles. The fourth-order valence-corrected chi connectivity index (χ4v) is 2.81. The van der Waals surface area contributed by atoms with Gasteiger partial charge < -0.3 is 18.9 Å². The first-order chi connectivity index (χ1) is 10.0. The van der Waals surface area contributed by atoms with Crippen molar-refractivity contribution in [2.75, 3.05) is 31.0 Å². The molecule has 0 amide bonds. The summed E-state index contributed by atoms with van der Waals surface area (Å²) in [6.07, 6.45) is 2.13. The Morgan fingerprint density at radius 3 is 3.14 bits per heavy atom. The summed E-state index contributed by atoms with van der Waals surface area (Å²) in [4.78, 5) is 6.08. The number of anilines is 1. The van der Waals surface area contributed by atoms with Crippen molar-refractivity contribution in [1.82, 2.24) is 9.88 Å². The Morgan fingerprint density at radius 2 is 2.48 bits per heavy atom. The third kappa shape index (κ3) is 5.50. The van der Waals surface area contributed by atoms with E-state index in [-0.39, 0.29) is 11.6 Å². The van der Waals surface area contributed by atoms with Gasteiger partial charge in [-0.05, 0) is 34.8 Å². The second kappa shape index (κ2) is 8.02. The Labute approximate surface area is 133 Å². The van der Waals surface area contributed by atoms with E-state index in [4.69, 9.17) is 4.74 Å². The van der Waals surface area contributed by atoms with Gasteiger partial charge in [0.1, 0.15) is 11.9 Å². The maximum Gasteiger partial charge on any atom is 0.238 e. The van der Waals surface area contributed by atoms with Gasteiger partial charge in [-0.1, -0.05) is 0 Å². The molecule has 9 heteroatoms. The maximum absolute atomic E-state index is 13.0. The van der Waals surface area contributed by atoms with Gasteiger partial charge in [0.2, 0.25) is 5.88 Å². The van der Waals surface area contributed by atoms with Crippen LogP contribution in [0.25, 0.3) is 0 Å². The fraction of sp³-hybridized carbons (Fsp3) is 0.583. The first-order valence-corrected chi connectivity index (χ1v) is 8.42. The molecule has 6 nitrogen and oxygen atoms in total. The molecule has 0 bridgehead atoms. The van der Waals surface area contributed by atoms with E-state index in [0.717, 1.165) is 19.5 Å². The lowest BCUT2D eigenvalue weighted by Crippen LogP contribution is -2.23. The van der Waals surface area contributed by atoms with Crippen molar-refractivity contribution in [3.05, 3.63) is 16.7 Å². The molecule has 1 saturated heterocycles. The number of nitrogens with one attached hydrogen (secondary N) is 1. The van der Waals surface area contributed by atoms with Crippen LogP contribution < -0.4 is 9.46 Å². The lowest BCUT2D eigenvalue weighted by Gasteiger charge is -2.16. The Bertz CT molecular complexity index is 509. The van der Waals surface area contributed by atoms with Crippen LogP contribution in [-0.4, -0.2) is 51.1 Å². The van der Waals surface area contributed by atoms with Crippen LogP contribution in [0.3, 0.4) is 0 Å². The predicted octanol–water partition coefficient (Wildman–Crippen LogP) is 1.86. The van der Waals surface area contributed by atoms with Gasteiger partial charge in [0.05, 0.1) is 6.61 Å². The Kier molecular flexibility index (Phi) is 6.34. The molecule has 1 aliphatic rings. The van der Waals surface area contributed by atoms with Gasteiger partial charge in [0.25, 0.3) is 0 Å². The molecule has 2 unspecified atom stereocenters. The summed E-state index contributed by atoms with van der Waals surface area (Å²) < 4.78 is 42.8. The average molecular weight is 381 g/mol. The van der Waals surface area contributed by atoms with E-state index >= 15 is 0 Å². The Hall–Kier alpha value is -0.770. The monoisotopic (exact) mass is 380 g/mol. The third-order valence-corrected chi connectivity index (χ3v) is 3.90. The highest BCUT2D eigenvalue weighted by Crippen LogP contribution is 2.25. The van der Waals surface area contributed by atoms with Gasteiger partial charge in [-0.15, -0.1) is 0 Å². The smallest absolute Gasteiger partial charge is 0.238 e. The summed E-state index contributed by atoms with van der Waals surface area (Å²) in [5.74, 6) is 0.229. The third-order valence-electron chi connectivity index (χ3n) is 3.08. The van der Waals surface area contributed by atoms with Gasteiger partial charge in [0, 0.05) is 41.6 Å². The lowest BCUT2D eigenvalue weighted by molar-refractivity contribution is 0.245. The van der Waals surface area contributed by atoms with Crippen LogP contribution in [0.5, 0.6) is 5.88 Å². The van der Waals surface area contributed by atoms with E-state index < -0.39 is 17.4 Å². The quantitative estimate of drug-likeness (QED) is 0.576. The largest absolute Gasteiger partial charge is 0.755 e. The van der Waals surface area contributed by atoms with Crippen molar-refractivity contribution < 1.29 is 17.9 Å². The zero-order chi connectivity index (χ0) is 15.2. The molecule has 1 aromatic heterocycles. The predicted molar refractivity (Wildman–Crippen MR) is 80.5 cm³/mol. The highest BCUT2D eigenvalue weighted by atomic mass is 79.9. The van der Waals surface area contributed by atoms with Crippen LogP contribution in [0.15, 0.2) is 16.7 Å². The minimum Gasteiger partial charge on any atom is -0.755 e. The number of hydrogen-bond donors (Lipinski definition) is 1. The van der Waals surface area contributed by atoms with E-state index in [0.29, 0.717) is 24.0 Å². The van der Waals surface area contributed by atoms with Crippen LogP contribution in [0.2, 0.25) is 0 Å². The molecule has 0 saturated carbocycles. The molecule has 2 heterocycles. The first kappa shape index (κ1) is 16.6. The zero-order valence-corrected chi connectivity index (χ0v) is 13.7. The molecule has 2 rings (SSSR count). The van der Waals surface area contributed by atoms with Crippen LogP contribution >= 0.6 is 15.9 Å². The second-order valence-corrected chi connectivity index (χ2v) is 6.32. The Morgan fingerprint density at radius 1 is 1.67 bits per heavy atom. The molecule has 2 atom stereocenters. The van der Waals surface area contributed by atoms with Crippen molar-refractivity contribution in [2.45, 2.75) is 19.0 Å². The van der Waals surface area contributed by atoms with Crippen molar-refractivity contribution >= 4 is 32.9 Å². The fourth-order valence-electron chi connectivity index (χ4n) is 2.15. The molecule has 0 aliphatic carbocycles. The van der Waals surface area contributed by atoms with Gasteiger partial charge in [-0.2, -0.15) is 0 Å². The summed E-state index contributed by atoms with van der Waals surface area (Å²) >= 11 is 0.778. The Balaban J connectivity index is 1.80. The van der Waals surface area contributed by atoms with E-state index in [9.17, 15) is 13.2 Å². The van der Waals surface area contributed by atoms with Gasteiger partial charge in [-0.3, -0.25) is 4.21 Å². The molecule has 0 spiro atoms. The van der Waals surface area contributed by atoms with Gasteiger partial charge >= 0.3 is 0 Å². The average Bonchev–Trinajstić information content (AvgIpc) is 2.82. The van der Waals surface area contributed by atoms with Crippen molar-refractivity contribution in [3.63, 3.8) is 0 Å². The maximum atomic E-state index is 13.0. The lowest BCUT2D eigenvalue weighted by atomic mass is 10.3. The number of rotatable bonds is 7. The number of ether oxygens (including phenoxy) is 1. The summed E-state index contributed by atoms with van der Waals surface area (Å²) in [6, 6.07) is 1.58. The molecule has 1 fully saturated rings. The van der Waals surface area contributed by atoms with Crippen molar-refractivity contribution in [3.8, 4) is 5.88 Å². The summed E-state index contributed by atoms with van der Waals surface area (Å²) in [7, 11) is 0. The van der Waals surface area contributed by atoms with Crippen LogP contribution in [0, 0.1) is 0 Å². The van der Waals surface area contributed by atoms with Gasteiger partial charge in [0.15, 0.2) is 0 Å². The van der Waals surface area contributed by atoms with Crippen LogP contribution in [0.4, 0.5) is 10.1 Å². The number of likely N-dealkylation sites (tertiary alicyclic amines) is 1. The normalized spacial score (nSPS) is 20.4. The number of pyridine rings is 1. The molecule has 1 aliphatic heterocycles. The minimum absolute atomic E-state index is 0.229. The number of nitrogens with zero attached hydrogens (tertiary/aromatic N) is 2. The second-order valence-electron chi connectivity index (χ2n) is 4.73. The molecule has 1 N–H and O–H groups in total. The molecule has 21 heavy (non-hydrogen) atoms. The van der Waals surface area contributed by atoms with E-state index in [1.54, 1.807) is 6.07 Å².